The summed E-state index contributed by atoms with van der Waals surface area (Å²) in [5.74, 6) is 0. The Kier molecular flexibility index (Phi) is 5.12. The van der Waals surface area contributed by atoms with Gasteiger partial charge in [-0.1, -0.05) is 43.0 Å². The quantitative estimate of drug-likeness (QED) is 0.716. The predicted octanol–water partition coefficient (Wildman–Crippen LogP) is 3.43. The van der Waals surface area contributed by atoms with E-state index in [9.17, 15) is 8.78 Å². The van der Waals surface area contributed by atoms with Crippen molar-refractivity contribution in [3.63, 3.8) is 0 Å². The number of nitrogens with two attached hydrogens (primary N) is 2. The Balaban J connectivity index is 2.05. The highest BCUT2D eigenvalue weighted by atomic mass is 19.3. The first-order valence-electron chi connectivity index (χ1n) is 6.90. The minimum absolute atomic E-state index is 0.00204. The summed E-state index contributed by atoms with van der Waals surface area (Å²) >= 11 is 0. The molecule has 0 saturated heterocycles. The highest BCUT2D eigenvalue weighted by Crippen LogP contribution is 2.21. The number of hydrogen-bond donors (Lipinski definition) is 3. The molecule has 0 aliphatic carbocycles. The van der Waals surface area contributed by atoms with Crippen LogP contribution in [0.2, 0.25) is 0 Å². The highest BCUT2D eigenvalue weighted by Gasteiger charge is 2.08. The Hall–Kier alpha value is -2.40. The van der Waals surface area contributed by atoms with E-state index >= 15 is 0 Å². The van der Waals surface area contributed by atoms with Crippen LogP contribution in [0.4, 0.5) is 14.5 Å². The van der Waals surface area contributed by atoms with Gasteiger partial charge in [0.05, 0.1) is 0 Å². The van der Waals surface area contributed by atoms with Gasteiger partial charge in [-0.05, 0) is 22.8 Å². The lowest BCUT2D eigenvalue weighted by molar-refractivity contribution is 0.151. The van der Waals surface area contributed by atoms with E-state index < -0.39 is 6.43 Å². The van der Waals surface area contributed by atoms with Gasteiger partial charge in [-0.15, -0.1) is 0 Å². The van der Waals surface area contributed by atoms with E-state index in [-0.39, 0.29) is 5.56 Å². The number of hydrogen-bond acceptors (Lipinski definition) is 3. The lowest BCUT2D eigenvalue weighted by Crippen LogP contribution is -2.14. The van der Waals surface area contributed by atoms with Gasteiger partial charge >= 0.3 is 0 Å². The third kappa shape index (κ3) is 3.62. The van der Waals surface area contributed by atoms with E-state index in [2.05, 4.69) is 11.9 Å². The standard InChI is InChI=1S/C17H19F2N3/c1-11(12-5-7-13(8-6-12)17(18)19)22-10-14-3-2-4-16(21)15(14)9-20/h2-8,17,22H,1,9-10,20-21H2. The summed E-state index contributed by atoms with van der Waals surface area (Å²) in [6.07, 6.45) is -2.46. The van der Waals surface area contributed by atoms with E-state index in [0.29, 0.717) is 24.5 Å². The number of nitrogen functional groups attached to an aromatic ring is 1. The smallest absolute Gasteiger partial charge is 0.263 e. The predicted molar refractivity (Wildman–Crippen MR) is 86.0 cm³/mol. The van der Waals surface area contributed by atoms with Crippen molar-refractivity contribution in [3.05, 3.63) is 71.3 Å². The van der Waals surface area contributed by atoms with Crippen LogP contribution in [0.25, 0.3) is 5.70 Å². The van der Waals surface area contributed by atoms with Crippen molar-refractivity contribution in [3.8, 4) is 0 Å². The molecule has 0 fully saturated rings. The maximum atomic E-state index is 12.5. The fraction of sp³-hybridized carbons (Fsp3) is 0.176. The first-order chi connectivity index (χ1) is 10.5. The summed E-state index contributed by atoms with van der Waals surface area (Å²) < 4.78 is 25.1. The molecular weight excluding hydrogens is 284 g/mol. The van der Waals surface area contributed by atoms with Gasteiger partial charge in [-0.3, -0.25) is 0 Å². The Bertz CT molecular complexity index is 651. The molecule has 0 radical (unpaired) electrons. The Labute approximate surface area is 128 Å². The van der Waals surface area contributed by atoms with Gasteiger partial charge in [0, 0.05) is 30.0 Å². The van der Waals surface area contributed by atoms with Crippen LogP contribution >= 0.6 is 0 Å². The van der Waals surface area contributed by atoms with Gasteiger partial charge in [0.1, 0.15) is 0 Å². The van der Waals surface area contributed by atoms with Gasteiger partial charge < -0.3 is 16.8 Å². The molecule has 0 unspecified atom stereocenters. The van der Waals surface area contributed by atoms with Crippen molar-refractivity contribution >= 4 is 11.4 Å². The van der Waals surface area contributed by atoms with E-state index in [1.165, 1.54) is 12.1 Å². The molecule has 0 bridgehead atoms. The maximum absolute atomic E-state index is 12.5. The molecule has 2 aromatic rings. The zero-order valence-corrected chi connectivity index (χ0v) is 12.2. The summed E-state index contributed by atoms with van der Waals surface area (Å²) in [4.78, 5) is 0. The maximum Gasteiger partial charge on any atom is 0.263 e. The molecule has 2 rings (SSSR count). The molecule has 5 N–H and O–H groups in total. The van der Waals surface area contributed by atoms with Gasteiger partial charge in [-0.25, -0.2) is 8.78 Å². The number of anilines is 1. The first kappa shape index (κ1) is 16.0. The molecular formula is C17H19F2N3. The fourth-order valence-electron chi connectivity index (χ4n) is 2.20. The third-order valence-electron chi connectivity index (χ3n) is 3.52. The summed E-state index contributed by atoms with van der Waals surface area (Å²) in [5, 5.41) is 3.17. The monoisotopic (exact) mass is 303 g/mol. The average molecular weight is 303 g/mol. The van der Waals surface area contributed by atoms with Crippen LogP contribution in [0.3, 0.4) is 0 Å². The van der Waals surface area contributed by atoms with Crippen LogP contribution in [-0.2, 0) is 13.1 Å². The number of halogens is 2. The molecule has 22 heavy (non-hydrogen) atoms. The second-order valence-corrected chi connectivity index (χ2v) is 4.94. The molecule has 0 aliphatic rings. The molecule has 0 aromatic heterocycles. The highest BCUT2D eigenvalue weighted by molar-refractivity contribution is 5.62. The van der Waals surface area contributed by atoms with Gasteiger partial charge in [0.2, 0.25) is 0 Å². The second-order valence-electron chi connectivity index (χ2n) is 4.94. The molecule has 0 spiro atoms. The largest absolute Gasteiger partial charge is 0.398 e. The molecule has 2 aromatic carbocycles. The molecule has 0 aliphatic heterocycles. The fourth-order valence-corrected chi connectivity index (χ4v) is 2.20. The summed E-state index contributed by atoms with van der Waals surface area (Å²) in [5.41, 5.74) is 15.6. The number of rotatable bonds is 6. The van der Waals surface area contributed by atoms with Gasteiger partial charge in [-0.2, -0.15) is 0 Å². The topological polar surface area (TPSA) is 64.1 Å². The van der Waals surface area contributed by atoms with Gasteiger partial charge in [0.15, 0.2) is 0 Å². The lowest BCUT2D eigenvalue weighted by Gasteiger charge is -2.14. The van der Waals surface area contributed by atoms with Crippen LogP contribution in [0.5, 0.6) is 0 Å². The third-order valence-corrected chi connectivity index (χ3v) is 3.52. The molecule has 3 nitrogen and oxygen atoms in total. The van der Waals surface area contributed by atoms with Crippen LogP contribution in [0.1, 0.15) is 28.7 Å². The summed E-state index contributed by atoms with van der Waals surface area (Å²) in [6, 6.07) is 11.7. The zero-order chi connectivity index (χ0) is 16.1. The lowest BCUT2D eigenvalue weighted by atomic mass is 10.0. The Morgan fingerprint density at radius 3 is 2.41 bits per heavy atom. The first-order valence-corrected chi connectivity index (χ1v) is 6.90. The van der Waals surface area contributed by atoms with Gasteiger partial charge in [0.25, 0.3) is 6.43 Å². The minimum atomic E-state index is -2.46. The molecule has 0 atom stereocenters. The normalized spacial score (nSPS) is 10.7. The van der Waals surface area contributed by atoms with Crippen LogP contribution in [0, 0.1) is 0 Å². The zero-order valence-electron chi connectivity index (χ0n) is 12.2. The summed E-state index contributed by atoms with van der Waals surface area (Å²) in [7, 11) is 0. The molecule has 0 amide bonds. The van der Waals surface area contributed by atoms with Crippen LogP contribution < -0.4 is 16.8 Å². The summed E-state index contributed by atoms with van der Waals surface area (Å²) in [6.45, 7) is 4.81. The van der Waals surface area contributed by atoms with Crippen molar-refractivity contribution < 1.29 is 8.78 Å². The second kappa shape index (κ2) is 7.04. The van der Waals surface area contributed by atoms with E-state index in [1.807, 2.05) is 18.2 Å². The van der Waals surface area contributed by atoms with Crippen molar-refractivity contribution in [2.24, 2.45) is 5.73 Å². The SMILES string of the molecule is C=C(NCc1cccc(N)c1CN)c1ccc(C(F)F)cc1. The van der Waals surface area contributed by atoms with Crippen molar-refractivity contribution in [1.82, 2.24) is 5.32 Å². The van der Waals surface area contributed by atoms with Crippen molar-refractivity contribution in [1.29, 1.82) is 0 Å². The minimum Gasteiger partial charge on any atom is -0.398 e. The van der Waals surface area contributed by atoms with E-state index in [4.69, 9.17) is 11.5 Å². The Morgan fingerprint density at radius 2 is 1.82 bits per heavy atom. The van der Waals surface area contributed by atoms with E-state index in [0.717, 1.165) is 16.7 Å². The van der Waals surface area contributed by atoms with Crippen molar-refractivity contribution in [2.45, 2.75) is 19.5 Å². The van der Waals surface area contributed by atoms with Crippen molar-refractivity contribution in [2.75, 3.05) is 5.73 Å². The average Bonchev–Trinajstić information content (AvgIpc) is 2.52. The number of alkyl halides is 2. The van der Waals surface area contributed by atoms with E-state index in [1.54, 1.807) is 12.1 Å². The Morgan fingerprint density at radius 1 is 1.14 bits per heavy atom. The molecule has 116 valence electrons. The number of nitrogens with one attached hydrogen (secondary N) is 1. The molecule has 0 saturated carbocycles. The van der Waals surface area contributed by atoms with Crippen LogP contribution in [0.15, 0.2) is 49.0 Å². The van der Waals surface area contributed by atoms with Crippen LogP contribution in [-0.4, -0.2) is 0 Å². The number of benzene rings is 2. The molecule has 5 heteroatoms. The molecule has 0 heterocycles.